The van der Waals surface area contributed by atoms with Gasteiger partial charge in [0.05, 0.1) is 27.7 Å². The predicted octanol–water partition coefficient (Wildman–Crippen LogP) is 0.696. The van der Waals surface area contributed by atoms with Crippen molar-refractivity contribution in [1.82, 2.24) is 0 Å². The van der Waals surface area contributed by atoms with Crippen molar-refractivity contribution in [3.63, 3.8) is 0 Å². The summed E-state index contributed by atoms with van der Waals surface area (Å²) in [6.45, 7) is 2.85. The van der Waals surface area contributed by atoms with Crippen LogP contribution in [-0.4, -0.2) is 44.1 Å². The summed E-state index contributed by atoms with van der Waals surface area (Å²) in [5, 5.41) is 8.94. The lowest BCUT2D eigenvalue weighted by atomic mass is 9.67. The molecule has 0 unspecified atom stereocenters. The third-order valence-corrected chi connectivity index (χ3v) is 1.45. The van der Waals surface area contributed by atoms with Gasteiger partial charge in [0.15, 0.2) is 0 Å². The van der Waals surface area contributed by atoms with Gasteiger partial charge in [-0.1, -0.05) is 6.82 Å². The van der Waals surface area contributed by atoms with Gasteiger partial charge in [-0.25, -0.2) is 0 Å². The van der Waals surface area contributed by atoms with Crippen LogP contribution in [0.15, 0.2) is 0 Å². The van der Waals surface area contributed by atoms with E-state index in [0.717, 1.165) is 23.8 Å². The smallest absolute Gasteiger partial charge is 0.286 e. The summed E-state index contributed by atoms with van der Waals surface area (Å²) in [5.41, 5.74) is 0. The van der Waals surface area contributed by atoms with Crippen LogP contribution in [0.25, 0.3) is 0 Å². The second-order valence-corrected chi connectivity index (χ2v) is 4.01. The minimum absolute atomic E-state index is 0.133. The van der Waals surface area contributed by atoms with Gasteiger partial charge in [0.25, 0.3) is 6.92 Å². The highest BCUT2D eigenvalue weighted by molar-refractivity contribution is 6.48. The molecule has 0 amide bonds. The SMILES string of the molecule is CB(O)CCC[N+](C)(C)C. The number of rotatable bonds is 4. The minimum Gasteiger partial charge on any atom is -0.451 e. The Kier molecular flexibility index (Phi) is 3.98. The van der Waals surface area contributed by atoms with Crippen molar-refractivity contribution in [1.29, 1.82) is 0 Å². The molecule has 0 rings (SSSR count). The molecule has 0 aromatic rings. The highest BCUT2D eigenvalue weighted by atomic mass is 16.2. The molecule has 0 saturated carbocycles. The number of hydrogen-bond donors (Lipinski definition) is 1. The van der Waals surface area contributed by atoms with Gasteiger partial charge in [-0.05, 0) is 12.7 Å². The molecule has 3 heteroatoms. The van der Waals surface area contributed by atoms with E-state index < -0.39 is 0 Å². The average molecular weight is 144 g/mol. The first-order chi connectivity index (χ1) is 4.42. The zero-order valence-corrected chi connectivity index (χ0v) is 7.59. The number of quaternary nitrogens is 1. The highest BCUT2D eigenvalue weighted by Gasteiger charge is 2.08. The van der Waals surface area contributed by atoms with Crippen molar-refractivity contribution in [3.8, 4) is 0 Å². The quantitative estimate of drug-likeness (QED) is 0.454. The van der Waals surface area contributed by atoms with E-state index in [1.54, 1.807) is 0 Å². The van der Waals surface area contributed by atoms with E-state index in [0.29, 0.717) is 0 Å². The molecule has 0 aromatic carbocycles. The van der Waals surface area contributed by atoms with Crippen molar-refractivity contribution in [3.05, 3.63) is 0 Å². The number of hydrogen-bond acceptors (Lipinski definition) is 1. The van der Waals surface area contributed by atoms with Crippen LogP contribution in [0, 0.1) is 0 Å². The maximum absolute atomic E-state index is 8.94. The van der Waals surface area contributed by atoms with Gasteiger partial charge in [-0.3, -0.25) is 0 Å². The Bertz CT molecular complexity index is 88.1. The van der Waals surface area contributed by atoms with Crippen molar-refractivity contribution >= 4 is 6.92 Å². The van der Waals surface area contributed by atoms with Gasteiger partial charge in [0.2, 0.25) is 0 Å². The zero-order chi connectivity index (χ0) is 8.20. The van der Waals surface area contributed by atoms with Crippen LogP contribution in [0.1, 0.15) is 6.42 Å². The molecule has 0 aliphatic heterocycles. The van der Waals surface area contributed by atoms with E-state index in [2.05, 4.69) is 21.1 Å². The largest absolute Gasteiger partial charge is 0.451 e. The van der Waals surface area contributed by atoms with E-state index in [-0.39, 0.29) is 6.92 Å². The van der Waals surface area contributed by atoms with Gasteiger partial charge >= 0.3 is 0 Å². The Morgan fingerprint density at radius 2 is 1.80 bits per heavy atom. The molecule has 0 aliphatic rings. The molecule has 0 fully saturated rings. The first-order valence-corrected chi connectivity index (χ1v) is 3.90. The standard InChI is InChI=1S/C7H19BNO/c1-8(10)6-5-7-9(2,3)4/h10H,5-7H2,1-4H3/q+1. The molecule has 0 spiro atoms. The maximum Gasteiger partial charge on any atom is 0.286 e. The molecular formula is C7H19BNO+. The molecule has 1 N–H and O–H groups in total. The second-order valence-electron chi connectivity index (χ2n) is 4.01. The van der Waals surface area contributed by atoms with Crippen LogP contribution in [-0.2, 0) is 0 Å². The van der Waals surface area contributed by atoms with Gasteiger partial charge in [0, 0.05) is 0 Å². The Hall–Kier alpha value is -0.0151. The second kappa shape index (κ2) is 3.99. The normalized spacial score (nSPS) is 11.7. The number of nitrogens with zero attached hydrogens (tertiary/aromatic N) is 1. The molecule has 0 heterocycles. The topological polar surface area (TPSA) is 20.2 Å². The first-order valence-electron chi connectivity index (χ1n) is 3.90. The highest BCUT2D eigenvalue weighted by Crippen LogP contribution is 1.99. The van der Waals surface area contributed by atoms with Crippen molar-refractivity contribution in [2.75, 3.05) is 27.7 Å². The molecule has 0 aromatic heterocycles. The van der Waals surface area contributed by atoms with Gasteiger partial charge in [-0.2, -0.15) is 0 Å². The molecule has 0 aliphatic carbocycles. The molecule has 10 heavy (non-hydrogen) atoms. The van der Waals surface area contributed by atoms with Crippen LogP contribution in [0.3, 0.4) is 0 Å². The Morgan fingerprint density at radius 1 is 1.30 bits per heavy atom. The summed E-state index contributed by atoms with van der Waals surface area (Å²) in [4.78, 5) is 0. The lowest BCUT2D eigenvalue weighted by molar-refractivity contribution is -0.870. The molecule has 0 bridgehead atoms. The lowest BCUT2D eigenvalue weighted by Gasteiger charge is -2.23. The van der Waals surface area contributed by atoms with Crippen molar-refractivity contribution < 1.29 is 9.51 Å². The summed E-state index contributed by atoms with van der Waals surface area (Å²) in [5.74, 6) is 0. The maximum atomic E-state index is 8.94. The Balaban J connectivity index is 3.21. The van der Waals surface area contributed by atoms with Crippen LogP contribution >= 0.6 is 0 Å². The predicted molar refractivity (Wildman–Crippen MR) is 46.2 cm³/mol. The fourth-order valence-electron chi connectivity index (χ4n) is 0.861. The van der Waals surface area contributed by atoms with Crippen LogP contribution in [0.5, 0.6) is 0 Å². The summed E-state index contributed by atoms with van der Waals surface area (Å²) < 4.78 is 0.993. The third kappa shape index (κ3) is 7.98. The monoisotopic (exact) mass is 144 g/mol. The summed E-state index contributed by atoms with van der Waals surface area (Å²) in [6, 6.07) is 0. The summed E-state index contributed by atoms with van der Waals surface area (Å²) in [6.07, 6.45) is 2.04. The first kappa shape index (κ1) is 9.98. The zero-order valence-electron chi connectivity index (χ0n) is 7.59. The van der Waals surface area contributed by atoms with Crippen LogP contribution < -0.4 is 0 Å². The average Bonchev–Trinajstić information content (AvgIpc) is 1.59. The summed E-state index contributed by atoms with van der Waals surface area (Å²) >= 11 is 0. The molecule has 0 radical (unpaired) electrons. The van der Waals surface area contributed by atoms with E-state index in [9.17, 15) is 0 Å². The molecular weight excluding hydrogens is 125 g/mol. The van der Waals surface area contributed by atoms with E-state index in [4.69, 9.17) is 5.02 Å². The molecule has 0 atom stereocenters. The fraction of sp³-hybridized carbons (Fsp3) is 1.00. The minimum atomic E-state index is -0.133. The van der Waals surface area contributed by atoms with E-state index in [1.165, 1.54) is 0 Å². The molecule has 0 saturated heterocycles. The van der Waals surface area contributed by atoms with Crippen molar-refractivity contribution in [2.45, 2.75) is 19.6 Å². The van der Waals surface area contributed by atoms with Crippen molar-refractivity contribution in [2.24, 2.45) is 0 Å². The van der Waals surface area contributed by atoms with E-state index in [1.807, 2.05) is 6.82 Å². The third-order valence-electron chi connectivity index (χ3n) is 1.45. The fourth-order valence-corrected chi connectivity index (χ4v) is 0.861. The van der Waals surface area contributed by atoms with E-state index >= 15 is 0 Å². The summed E-state index contributed by atoms with van der Waals surface area (Å²) in [7, 11) is 6.51. The Morgan fingerprint density at radius 3 is 2.10 bits per heavy atom. The van der Waals surface area contributed by atoms with Gasteiger partial charge < -0.3 is 9.51 Å². The Labute approximate surface area is 64.6 Å². The molecule has 60 valence electrons. The lowest BCUT2D eigenvalue weighted by Crippen LogP contribution is -2.35. The molecule has 2 nitrogen and oxygen atoms in total. The van der Waals surface area contributed by atoms with Crippen LogP contribution in [0.2, 0.25) is 13.1 Å². The van der Waals surface area contributed by atoms with Gasteiger partial charge in [-0.15, -0.1) is 0 Å². The van der Waals surface area contributed by atoms with Crippen LogP contribution in [0.4, 0.5) is 0 Å². The van der Waals surface area contributed by atoms with Gasteiger partial charge in [0.1, 0.15) is 0 Å².